The van der Waals surface area contributed by atoms with E-state index in [9.17, 15) is 0 Å². The zero-order chi connectivity index (χ0) is 11.5. The van der Waals surface area contributed by atoms with E-state index in [2.05, 4.69) is 20.8 Å². The molecule has 1 aromatic rings. The van der Waals surface area contributed by atoms with Gasteiger partial charge in [0.2, 0.25) is 5.16 Å². The SMILES string of the molecule is C(CCSc1nnnn1C1CC1)CNC1CC1. The summed E-state index contributed by atoms with van der Waals surface area (Å²) in [6.07, 6.45) is 7.74. The van der Waals surface area contributed by atoms with Crippen molar-refractivity contribution in [1.29, 1.82) is 0 Å². The Hall–Kier alpha value is -0.620. The lowest BCUT2D eigenvalue weighted by atomic mass is 10.3. The van der Waals surface area contributed by atoms with Gasteiger partial charge in [0.05, 0.1) is 6.04 Å². The van der Waals surface area contributed by atoms with Crippen LogP contribution in [0.15, 0.2) is 5.16 Å². The molecule has 1 heterocycles. The maximum atomic E-state index is 4.08. The van der Waals surface area contributed by atoms with E-state index >= 15 is 0 Å². The Bertz CT molecular complexity index is 358. The molecular weight excluding hydrogens is 234 g/mol. The van der Waals surface area contributed by atoms with Gasteiger partial charge in [0.25, 0.3) is 0 Å². The minimum Gasteiger partial charge on any atom is -0.314 e. The van der Waals surface area contributed by atoms with Gasteiger partial charge in [-0.2, -0.15) is 0 Å². The molecule has 1 N–H and O–H groups in total. The fourth-order valence-electron chi connectivity index (χ4n) is 1.81. The molecule has 0 amide bonds. The summed E-state index contributed by atoms with van der Waals surface area (Å²) >= 11 is 1.80. The van der Waals surface area contributed by atoms with E-state index in [0.717, 1.165) is 17.0 Å². The third-order valence-corrected chi connectivity index (χ3v) is 4.19. The maximum absolute atomic E-state index is 4.08. The number of hydrogen-bond acceptors (Lipinski definition) is 5. The minimum atomic E-state index is 0.587. The van der Waals surface area contributed by atoms with Crippen molar-refractivity contribution in [2.75, 3.05) is 12.3 Å². The van der Waals surface area contributed by atoms with E-state index in [0.29, 0.717) is 6.04 Å². The van der Waals surface area contributed by atoms with Gasteiger partial charge in [-0.1, -0.05) is 11.8 Å². The van der Waals surface area contributed by atoms with E-state index in [1.54, 1.807) is 11.8 Å². The third kappa shape index (κ3) is 3.42. The largest absolute Gasteiger partial charge is 0.314 e. The second kappa shape index (κ2) is 5.35. The van der Waals surface area contributed by atoms with Crippen molar-refractivity contribution >= 4 is 11.8 Å². The average molecular weight is 253 g/mol. The first kappa shape index (κ1) is 11.5. The Morgan fingerprint density at radius 2 is 2.12 bits per heavy atom. The molecule has 0 unspecified atom stereocenters. The van der Waals surface area contributed by atoms with Crippen LogP contribution in [-0.4, -0.2) is 38.5 Å². The van der Waals surface area contributed by atoms with Crippen molar-refractivity contribution in [3.8, 4) is 0 Å². The van der Waals surface area contributed by atoms with E-state index < -0.39 is 0 Å². The smallest absolute Gasteiger partial charge is 0.209 e. The molecule has 94 valence electrons. The lowest BCUT2D eigenvalue weighted by molar-refractivity contribution is 0.565. The van der Waals surface area contributed by atoms with Crippen LogP contribution in [0.2, 0.25) is 0 Å². The number of tetrazole rings is 1. The molecule has 0 aromatic carbocycles. The topological polar surface area (TPSA) is 55.6 Å². The fourth-order valence-corrected chi connectivity index (χ4v) is 2.76. The molecule has 2 fully saturated rings. The minimum absolute atomic E-state index is 0.587. The van der Waals surface area contributed by atoms with E-state index in [1.807, 2.05) is 4.68 Å². The summed E-state index contributed by atoms with van der Waals surface area (Å²) in [6, 6.07) is 1.42. The van der Waals surface area contributed by atoms with Crippen LogP contribution in [0, 0.1) is 0 Å². The van der Waals surface area contributed by atoms with Crippen LogP contribution in [0.3, 0.4) is 0 Å². The van der Waals surface area contributed by atoms with Crippen molar-refractivity contribution < 1.29 is 0 Å². The first-order valence-corrected chi connectivity index (χ1v) is 7.56. The van der Waals surface area contributed by atoms with Gasteiger partial charge in [0.15, 0.2) is 0 Å². The van der Waals surface area contributed by atoms with Crippen LogP contribution in [0.5, 0.6) is 0 Å². The van der Waals surface area contributed by atoms with Crippen molar-refractivity contribution in [2.24, 2.45) is 0 Å². The molecule has 6 heteroatoms. The molecule has 0 bridgehead atoms. The molecule has 2 aliphatic rings. The van der Waals surface area contributed by atoms with Crippen LogP contribution in [0.25, 0.3) is 0 Å². The monoisotopic (exact) mass is 253 g/mol. The Balaban J connectivity index is 1.31. The van der Waals surface area contributed by atoms with E-state index in [-0.39, 0.29) is 0 Å². The number of unbranched alkanes of at least 4 members (excludes halogenated alkanes) is 1. The van der Waals surface area contributed by atoms with Crippen LogP contribution in [0.4, 0.5) is 0 Å². The molecule has 2 saturated carbocycles. The maximum Gasteiger partial charge on any atom is 0.209 e. The molecule has 0 spiro atoms. The molecule has 0 radical (unpaired) electrons. The summed E-state index contributed by atoms with van der Waals surface area (Å²) in [5.41, 5.74) is 0. The number of aromatic nitrogens is 4. The Kier molecular flexibility index (Phi) is 3.61. The molecule has 0 saturated heterocycles. The summed E-state index contributed by atoms with van der Waals surface area (Å²) in [5.74, 6) is 1.12. The molecule has 2 aliphatic carbocycles. The summed E-state index contributed by atoms with van der Waals surface area (Å²) in [5, 5.41) is 16.4. The molecule has 17 heavy (non-hydrogen) atoms. The molecular formula is C11H19N5S. The van der Waals surface area contributed by atoms with Crippen LogP contribution in [0.1, 0.15) is 44.6 Å². The number of nitrogens with zero attached hydrogens (tertiary/aromatic N) is 4. The van der Waals surface area contributed by atoms with Gasteiger partial charge in [0.1, 0.15) is 0 Å². The lowest BCUT2D eigenvalue weighted by Gasteiger charge is -2.03. The van der Waals surface area contributed by atoms with Crippen molar-refractivity contribution in [1.82, 2.24) is 25.5 Å². The third-order valence-electron chi connectivity index (χ3n) is 3.17. The molecule has 0 aliphatic heterocycles. The molecule has 1 aromatic heterocycles. The van der Waals surface area contributed by atoms with Gasteiger partial charge in [-0.05, 0) is 55.5 Å². The van der Waals surface area contributed by atoms with Gasteiger partial charge in [-0.15, -0.1) is 5.10 Å². The predicted octanol–water partition coefficient (Wildman–Crippen LogP) is 1.63. The van der Waals surface area contributed by atoms with Gasteiger partial charge in [0, 0.05) is 11.8 Å². The highest BCUT2D eigenvalue weighted by Gasteiger charge is 2.27. The number of rotatable bonds is 8. The number of hydrogen-bond donors (Lipinski definition) is 1. The Morgan fingerprint density at radius 3 is 2.88 bits per heavy atom. The summed E-state index contributed by atoms with van der Waals surface area (Å²) in [6.45, 7) is 1.17. The van der Waals surface area contributed by atoms with Gasteiger partial charge in [-0.25, -0.2) is 4.68 Å². The van der Waals surface area contributed by atoms with Crippen LogP contribution < -0.4 is 5.32 Å². The average Bonchev–Trinajstić information content (AvgIpc) is 3.25. The summed E-state index contributed by atoms with van der Waals surface area (Å²) < 4.78 is 1.99. The van der Waals surface area contributed by atoms with Gasteiger partial charge < -0.3 is 5.32 Å². The first-order valence-electron chi connectivity index (χ1n) is 6.57. The van der Waals surface area contributed by atoms with Crippen LogP contribution in [-0.2, 0) is 0 Å². The van der Waals surface area contributed by atoms with E-state index in [4.69, 9.17) is 0 Å². The highest BCUT2D eigenvalue weighted by molar-refractivity contribution is 7.99. The second-order valence-electron chi connectivity index (χ2n) is 4.92. The summed E-state index contributed by atoms with van der Waals surface area (Å²) in [7, 11) is 0. The van der Waals surface area contributed by atoms with Gasteiger partial charge >= 0.3 is 0 Å². The van der Waals surface area contributed by atoms with Crippen molar-refractivity contribution in [3.05, 3.63) is 0 Å². The predicted molar refractivity (Wildman–Crippen MR) is 67.1 cm³/mol. The Labute approximate surface area is 106 Å². The number of thioether (sulfide) groups is 1. The standard InChI is InChI=1S/C11H19N5S/c1(7-12-9-3-4-9)2-8-17-11-13-14-15-16(11)10-5-6-10/h9-10,12H,1-8H2. The van der Waals surface area contributed by atoms with Crippen molar-refractivity contribution in [3.63, 3.8) is 0 Å². The highest BCUT2D eigenvalue weighted by Crippen LogP contribution is 2.36. The zero-order valence-electron chi connectivity index (χ0n) is 10.0. The number of nitrogens with one attached hydrogen (secondary N) is 1. The zero-order valence-corrected chi connectivity index (χ0v) is 10.8. The fraction of sp³-hybridized carbons (Fsp3) is 0.909. The van der Waals surface area contributed by atoms with Crippen LogP contribution >= 0.6 is 11.8 Å². The quantitative estimate of drug-likeness (QED) is 0.564. The second-order valence-corrected chi connectivity index (χ2v) is 5.98. The molecule has 5 nitrogen and oxygen atoms in total. The van der Waals surface area contributed by atoms with E-state index in [1.165, 1.54) is 45.1 Å². The van der Waals surface area contributed by atoms with Gasteiger partial charge in [-0.3, -0.25) is 0 Å². The van der Waals surface area contributed by atoms with Crippen molar-refractivity contribution in [2.45, 2.75) is 55.8 Å². The normalized spacial score (nSPS) is 19.8. The lowest BCUT2D eigenvalue weighted by Crippen LogP contribution is -2.17. The first-order chi connectivity index (χ1) is 8.43. The Morgan fingerprint density at radius 1 is 1.24 bits per heavy atom. The summed E-state index contributed by atoms with van der Waals surface area (Å²) in [4.78, 5) is 0. The molecule has 0 atom stereocenters. The molecule has 3 rings (SSSR count). The highest BCUT2D eigenvalue weighted by atomic mass is 32.2.